The molecule has 0 aliphatic carbocycles. The van der Waals surface area contributed by atoms with E-state index < -0.39 is 39.7 Å². The van der Waals surface area contributed by atoms with Crippen LogP contribution in [-0.2, 0) is 21.0 Å². The van der Waals surface area contributed by atoms with E-state index in [1.165, 1.54) is 18.2 Å². The van der Waals surface area contributed by atoms with E-state index in [1.54, 1.807) is 6.92 Å². The van der Waals surface area contributed by atoms with Crippen molar-refractivity contribution >= 4 is 27.7 Å². The number of anilines is 1. The Balaban J connectivity index is 2.13. The lowest BCUT2D eigenvalue weighted by atomic mass is 10.1. The number of halogens is 4. The van der Waals surface area contributed by atoms with Crippen LogP contribution in [0.15, 0.2) is 36.4 Å². The summed E-state index contributed by atoms with van der Waals surface area (Å²) in [5, 5.41) is 2.60. The molecule has 0 unspecified atom stereocenters. The maximum atomic E-state index is 14.2. The van der Waals surface area contributed by atoms with Crippen LogP contribution in [0.3, 0.4) is 0 Å². The normalized spacial score (nSPS) is 13.0. The fourth-order valence-electron chi connectivity index (χ4n) is 2.76. The molecular weight excluding hydrogens is 478 g/mol. The second-order valence-corrected chi connectivity index (χ2v) is 9.22. The van der Waals surface area contributed by atoms with Gasteiger partial charge in [-0.3, -0.25) is 9.52 Å². The van der Waals surface area contributed by atoms with Gasteiger partial charge in [0.25, 0.3) is 0 Å². The highest BCUT2D eigenvalue weighted by atomic mass is 32.2. The number of pyridine rings is 1. The van der Waals surface area contributed by atoms with E-state index in [9.17, 15) is 30.8 Å². The van der Waals surface area contributed by atoms with Gasteiger partial charge in [0.15, 0.2) is 0 Å². The van der Waals surface area contributed by atoms with Crippen molar-refractivity contribution in [2.45, 2.75) is 38.9 Å². The number of carbonyl (C=O) groups excluding carboxylic acids is 1. The van der Waals surface area contributed by atoms with E-state index >= 15 is 0 Å². The Morgan fingerprint density at radius 2 is 1.94 bits per heavy atom. The minimum absolute atomic E-state index is 0.171. The number of ether oxygens (including phenoxy) is 1. The zero-order valence-electron chi connectivity index (χ0n) is 18.7. The van der Waals surface area contributed by atoms with Gasteiger partial charge < -0.3 is 10.1 Å². The fraction of sp³-hybridized carbons (Fsp3) is 0.364. The van der Waals surface area contributed by atoms with Gasteiger partial charge in [-0.2, -0.15) is 13.2 Å². The molecule has 2 rings (SSSR count). The number of hydrogen-bond donors (Lipinski definition) is 2. The predicted molar refractivity (Wildman–Crippen MR) is 120 cm³/mol. The molecule has 186 valence electrons. The Bertz CT molecular complexity index is 1150. The minimum atomic E-state index is -4.64. The molecule has 1 aromatic carbocycles. The van der Waals surface area contributed by atoms with Gasteiger partial charge in [-0.25, -0.2) is 17.8 Å². The molecule has 0 spiro atoms. The van der Waals surface area contributed by atoms with Gasteiger partial charge in [0, 0.05) is 11.6 Å². The molecule has 1 atom stereocenters. The summed E-state index contributed by atoms with van der Waals surface area (Å²) in [6.45, 7) is 3.66. The summed E-state index contributed by atoms with van der Waals surface area (Å²) >= 11 is 0. The van der Waals surface area contributed by atoms with Crippen molar-refractivity contribution in [1.29, 1.82) is 0 Å². The highest BCUT2D eigenvalue weighted by molar-refractivity contribution is 7.92. The molecule has 0 radical (unpaired) electrons. The Morgan fingerprint density at radius 3 is 2.53 bits per heavy atom. The lowest BCUT2D eigenvalue weighted by Crippen LogP contribution is -2.24. The quantitative estimate of drug-likeness (QED) is 0.279. The molecule has 0 bridgehead atoms. The van der Waals surface area contributed by atoms with Gasteiger partial charge in [-0.15, -0.1) is 0 Å². The van der Waals surface area contributed by atoms with E-state index in [4.69, 9.17) is 4.74 Å². The zero-order chi connectivity index (χ0) is 25.5. The number of amides is 1. The lowest BCUT2D eigenvalue weighted by molar-refractivity contribution is -0.141. The second kappa shape index (κ2) is 11.3. The van der Waals surface area contributed by atoms with Crippen LogP contribution in [0.1, 0.15) is 49.6 Å². The Labute approximate surface area is 195 Å². The average Bonchev–Trinajstić information content (AvgIpc) is 2.72. The third-order valence-electron chi connectivity index (χ3n) is 4.48. The van der Waals surface area contributed by atoms with Crippen molar-refractivity contribution in [1.82, 2.24) is 10.3 Å². The van der Waals surface area contributed by atoms with Crippen LogP contribution in [0.2, 0.25) is 0 Å². The van der Waals surface area contributed by atoms with Crippen LogP contribution in [0.4, 0.5) is 23.2 Å². The van der Waals surface area contributed by atoms with E-state index in [0.29, 0.717) is 12.0 Å². The van der Waals surface area contributed by atoms with Gasteiger partial charge in [0.05, 0.1) is 24.6 Å². The molecule has 2 aromatic rings. The Hall–Kier alpha value is -3.15. The van der Waals surface area contributed by atoms with Crippen LogP contribution in [-0.4, -0.2) is 32.2 Å². The molecule has 1 aromatic heterocycles. The van der Waals surface area contributed by atoms with Gasteiger partial charge >= 0.3 is 6.18 Å². The van der Waals surface area contributed by atoms with Crippen LogP contribution in [0.25, 0.3) is 6.08 Å². The minimum Gasteiger partial charge on any atom is -0.477 e. The first-order chi connectivity index (χ1) is 15.8. The number of nitrogens with zero attached hydrogens (tertiary/aromatic N) is 1. The van der Waals surface area contributed by atoms with Crippen molar-refractivity contribution in [2.75, 3.05) is 17.6 Å². The monoisotopic (exact) mass is 503 g/mol. The van der Waals surface area contributed by atoms with Gasteiger partial charge in [0.1, 0.15) is 11.5 Å². The smallest absolute Gasteiger partial charge is 0.433 e. The lowest BCUT2D eigenvalue weighted by Gasteiger charge is -2.15. The number of hydrogen-bond acceptors (Lipinski definition) is 5. The van der Waals surface area contributed by atoms with E-state index in [1.807, 2.05) is 11.6 Å². The summed E-state index contributed by atoms with van der Waals surface area (Å²) in [6, 6.07) is 5.07. The summed E-state index contributed by atoms with van der Waals surface area (Å²) in [6.07, 6.45) is 0.0194. The summed E-state index contributed by atoms with van der Waals surface area (Å²) in [4.78, 5) is 15.8. The highest BCUT2D eigenvalue weighted by Crippen LogP contribution is 2.30. The third-order valence-corrected chi connectivity index (χ3v) is 5.07. The first-order valence-corrected chi connectivity index (χ1v) is 12.2. The second-order valence-electron chi connectivity index (χ2n) is 7.47. The molecule has 0 aliphatic rings. The number of aromatic nitrogens is 1. The summed E-state index contributed by atoms with van der Waals surface area (Å²) in [5.41, 5.74) is -0.771. The first kappa shape index (κ1) is 27.1. The Morgan fingerprint density at radius 1 is 1.24 bits per heavy atom. The zero-order valence-corrected chi connectivity index (χ0v) is 19.6. The number of rotatable bonds is 10. The van der Waals surface area contributed by atoms with Crippen molar-refractivity contribution in [3.8, 4) is 5.88 Å². The number of unbranched alkanes of at least 4 members (excludes halogenated alkanes) is 1. The number of benzene rings is 1. The maximum Gasteiger partial charge on any atom is 0.433 e. The first-order valence-electron chi connectivity index (χ1n) is 10.3. The largest absolute Gasteiger partial charge is 0.477 e. The molecule has 34 heavy (non-hydrogen) atoms. The summed E-state index contributed by atoms with van der Waals surface area (Å²) in [5.74, 6) is -1.65. The van der Waals surface area contributed by atoms with Crippen LogP contribution in [0, 0.1) is 5.82 Å². The number of nitrogens with one attached hydrogen (secondary N) is 2. The molecule has 0 aliphatic heterocycles. The number of alkyl halides is 3. The standard InChI is InChI=1S/C22H25F4N3O4S/c1-4-5-12-33-21-15(7-10-19(28-21)22(24,25)26)8-11-20(30)27-14(2)16-6-9-18(17(23)13-16)29-34(3,31)32/h6-11,13-14,29H,4-5,12H2,1-3H3,(H,27,30)/b11-8-/t14-/m1/s1. The van der Waals surface area contributed by atoms with Gasteiger partial charge in [0.2, 0.25) is 21.8 Å². The Kier molecular flexibility index (Phi) is 9.02. The van der Waals surface area contributed by atoms with Crippen LogP contribution < -0.4 is 14.8 Å². The van der Waals surface area contributed by atoms with E-state index in [0.717, 1.165) is 37.0 Å². The van der Waals surface area contributed by atoms with E-state index in [-0.39, 0.29) is 23.7 Å². The molecule has 1 heterocycles. The molecule has 2 N–H and O–H groups in total. The summed E-state index contributed by atoms with van der Waals surface area (Å²) < 4.78 is 83.1. The molecule has 0 saturated heterocycles. The van der Waals surface area contributed by atoms with Crippen molar-refractivity contribution in [2.24, 2.45) is 0 Å². The molecule has 0 saturated carbocycles. The molecule has 0 fully saturated rings. The SMILES string of the molecule is CCCCOc1nc(C(F)(F)F)ccc1/C=C\C(=O)N[C@H](C)c1ccc(NS(C)(=O)=O)c(F)c1. The molecule has 12 heteroatoms. The van der Waals surface area contributed by atoms with Gasteiger partial charge in [-0.05, 0) is 49.2 Å². The molecule has 7 nitrogen and oxygen atoms in total. The number of carbonyl (C=O) groups is 1. The van der Waals surface area contributed by atoms with E-state index in [2.05, 4.69) is 10.3 Å². The predicted octanol–water partition coefficient (Wildman–Crippen LogP) is 4.68. The third kappa shape index (κ3) is 8.32. The van der Waals surface area contributed by atoms with Gasteiger partial charge in [-0.1, -0.05) is 19.4 Å². The fourth-order valence-corrected chi connectivity index (χ4v) is 3.32. The van der Waals surface area contributed by atoms with Crippen molar-refractivity contribution < 1.29 is 35.5 Å². The summed E-state index contributed by atoms with van der Waals surface area (Å²) in [7, 11) is -3.65. The van der Waals surface area contributed by atoms with Crippen LogP contribution >= 0.6 is 0 Å². The molecule has 1 amide bonds. The maximum absolute atomic E-state index is 14.2. The average molecular weight is 504 g/mol. The van der Waals surface area contributed by atoms with Crippen molar-refractivity contribution in [3.05, 3.63) is 59.0 Å². The molecular formula is C22H25F4N3O4S. The number of sulfonamides is 1. The topological polar surface area (TPSA) is 97.4 Å². The van der Waals surface area contributed by atoms with Crippen molar-refractivity contribution in [3.63, 3.8) is 0 Å². The van der Waals surface area contributed by atoms with Crippen LogP contribution in [0.5, 0.6) is 5.88 Å². The highest BCUT2D eigenvalue weighted by Gasteiger charge is 2.33.